The Labute approximate surface area is 125 Å². The van der Waals surface area contributed by atoms with Crippen molar-refractivity contribution >= 4 is 11.8 Å². The van der Waals surface area contributed by atoms with Crippen LogP contribution in [0.3, 0.4) is 0 Å². The van der Waals surface area contributed by atoms with E-state index >= 15 is 0 Å². The monoisotopic (exact) mass is 314 g/mol. The Kier molecular flexibility index (Phi) is 6.79. The van der Waals surface area contributed by atoms with Crippen molar-refractivity contribution in [2.75, 3.05) is 26.3 Å². The number of aliphatic hydroxyl groups excluding tert-OH is 4. The van der Waals surface area contributed by atoms with Crippen molar-refractivity contribution in [2.45, 2.75) is 12.2 Å². The molecule has 0 radical (unpaired) electrons. The number of hydrogen-bond donors (Lipinski definition) is 5. The predicted octanol–water partition coefficient (Wildman–Crippen LogP) is -3.28. The molecule has 2 unspecified atom stereocenters. The molecule has 10 nitrogen and oxygen atoms in total. The van der Waals surface area contributed by atoms with Gasteiger partial charge in [0.15, 0.2) is 0 Å². The van der Waals surface area contributed by atoms with Crippen LogP contribution in [-0.2, 0) is 0 Å². The quantitative estimate of drug-likeness (QED) is 0.332. The van der Waals surface area contributed by atoms with E-state index in [9.17, 15) is 19.8 Å². The molecule has 0 aliphatic rings. The lowest BCUT2D eigenvalue weighted by molar-refractivity contribution is 0.0206. The number of amides is 2. The Morgan fingerprint density at radius 2 is 1.50 bits per heavy atom. The molecule has 0 spiro atoms. The largest absolute Gasteiger partial charge is 0.394 e. The van der Waals surface area contributed by atoms with E-state index in [-0.39, 0.29) is 24.5 Å². The average Bonchev–Trinajstić information content (AvgIpc) is 2.53. The highest BCUT2D eigenvalue weighted by Gasteiger charge is 2.23. The highest BCUT2D eigenvalue weighted by Crippen LogP contribution is 2.04. The molecule has 0 aliphatic carbocycles. The topological polar surface area (TPSA) is 170 Å². The van der Waals surface area contributed by atoms with Gasteiger partial charge >= 0.3 is 0 Å². The van der Waals surface area contributed by atoms with Gasteiger partial charge < -0.3 is 31.1 Å². The van der Waals surface area contributed by atoms with Crippen LogP contribution in [0.1, 0.15) is 21.0 Å². The fraction of sp³-hybridized carbons (Fsp3) is 0.500. The fourth-order valence-electron chi connectivity index (χ4n) is 1.59. The number of nitrogens with zero attached hydrogens (tertiary/aromatic N) is 3. The molecule has 1 aromatic heterocycles. The van der Waals surface area contributed by atoms with E-state index in [2.05, 4.69) is 9.97 Å². The number of nitrogens with two attached hydrogens (primary N) is 1. The second kappa shape index (κ2) is 8.34. The third kappa shape index (κ3) is 5.00. The van der Waals surface area contributed by atoms with Crippen LogP contribution in [0.25, 0.3) is 0 Å². The van der Waals surface area contributed by atoms with Gasteiger partial charge in [0.05, 0.1) is 37.8 Å². The van der Waals surface area contributed by atoms with Crippen molar-refractivity contribution in [1.82, 2.24) is 14.9 Å². The van der Waals surface area contributed by atoms with Crippen LogP contribution in [0, 0.1) is 0 Å². The van der Waals surface area contributed by atoms with Gasteiger partial charge in [0, 0.05) is 13.1 Å². The molecule has 22 heavy (non-hydrogen) atoms. The van der Waals surface area contributed by atoms with E-state index in [1.165, 1.54) is 0 Å². The maximum Gasteiger partial charge on any atom is 0.274 e. The second-order valence-corrected chi connectivity index (χ2v) is 4.53. The molecule has 2 amide bonds. The summed E-state index contributed by atoms with van der Waals surface area (Å²) in [5.41, 5.74) is 4.75. The average molecular weight is 314 g/mol. The number of carbonyl (C=O) groups is 2. The first-order valence-electron chi connectivity index (χ1n) is 6.38. The van der Waals surface area contributed by atoms with Crippen LogP contribution in [0.5, 0.6) is 0 Å². The first kappa shape index (κ1) is 17.9. The van der Waals surface area contributed by atoms with Gasteiger partial charge in [-0.05, 0) is 0 Å². The molecule has 122 valence electrons. The van der Waals surface area contributed by atoms with Crippen LogP contribution < -0.4 is 5.73 Å². The van der Waals surface area contributed by atoms with E-state index in [0.717, 1.165) is 17.3 Å². The lowest BCUT2D eigenvalue weighted by atomic mass is 10.2. The Morgan fingerprint density at radius 1 is 1.05 bits per heavy atom. The van der Waals surface area contributed by atoms with Crippen molar-refractivity contribution in [3.05, 3.63) is 23.8 Å². The summed E-state index contributed by atoms with van der Waals surface area (Å²) in [7, 11) is 0. The SMILES string of the molecule is NC(=O)c1cnc(C(=O)N(CC(O)CO)CC(O)CO)cn1. The van der Waals surface area contributed by atoms with E-state index in [1.807, 2.05) is 0 Å². The zero-order valence-electron chi connectivity index (χ0n) is 11.7. The lowest BCUT2D eigenvalue weighted by Gasteiger charge is -2.26. The van der Waals surface area contributed by atoms with Gasteiger partial charge in [0.2, 0.25) is 0 Å². The maximum absolute atomic E-state index is 12.3. The summed E-state index contributed by atoms with van der Waals surface area (Å²) in [6, 6.07) is 0. The third-order valence-corrected chi connectivity index (χ3v) is 2.69. The third-order valence-electron chi connectivity index (χ3n) is 2.69. The van der Waals surface area contributed by atoms with Gasteiger partial charge in [-0.25, -0.2) is 9.97 Å². The molecule has 1 rings (SSSR count). The molecule has 1 heterocycles. The number of hydrogen-bond acceptors (Lipinski definition) is 8. The molecular formula is C12H18N4O6. The van der Waals surface area contributed by atoms with Crippen molar-refractivity contribution < 1.29 is 30.0 Å². The molecule has 10 heteroatoms. The molecule has 2 atom stereocenters. The number of aliphatic hydroxyl groups is 4. The smallest absolute Gasteiger partial charge is 0.274 e. The van der Waals surface area contributed by atoms with Gasteiger partial charge in [-0.15, -0.1) is 0 Å². The van der Waals surface area contributed by atoms with Gasteiger partial charge in [0.1, 0.15) is 11.4 Å². The molecule has 0 aliphatic heterocycles. The minimum atomic E-state index is -1.22. The van der Waals surface area contributed by atoms with E-state index < -0.39 is 37.2 Å². The maximum atomic E-state index is 12.3. The van der Waals surface area contributed by atoms with Crippen molar-refractivity contribution in [2.24, 2.45) is 5.73 Å². The molecule has 0 bridgehead atoms. The van der Waals surface area contributed by atoms with Crippen molar-refractivity contribution in [3.8, 4) is 0 Å². The summed E-state index contributed by atoms with van der Waals surface area (Å²) in [4.78, 5) is 31.6. The summed E-state index contributed by atoms with van der Waals surface area (Å²) >= 11 is 0. The molecule has 1 aromatic rings. The molecule has 0 fully saturated rings. The van der Waals surface area contributed by atoms with E-state index in [4.69, 9.17) is 15.9 Å². The Balaban J connectivity index is 2.91. The minimum absolute atomic E-state index is 0.117. The van der Waals surface area contributed by atoms with Gasteiger partial charge in [-0.2, -0.15) is 0 Å². The Morgan fingerprint density at radius 3 is 1.86 bits per heavy atom. The zero-order valence-corrected chi connectivity index (χ0v) is 11.7. The van der Waals surface area contributed by atoms with Crippen molar-refractivity contribution in [1.29, 1.82) is 0 Å². The fourth-order valence-corrected chi connectivity index (χ4v) is 1.59. The first-order chi connectivity index (χ1) is 10.4. The van der Waals surface area contributed by atoms with Gasteiger partial charge in [-0.3, -0.25) is 9.59 Å². The predicted molar refractivity (Wildman–Crippen MR) is 72.6 cm³/mol. The molecule has 0 aromatic carbocycles. The highest BCUT2D eigenvalue weighted by atomic mass is 16.3. The number of carbonyl (C=O) groups excluding carboxylic acids is 2. The van der Waals surface area contributed by atoms with Crippen LogP contribution in [0.15, 0.2) is 12.4 Å². The van der Waals surface area contributed by atoms with E-state index in [0.29, 0.717) is 0 Å². The van der Waals surface area contributed by atoms with Crippen LogP contribution >= 0.6 is 0 Å². The Bertz CT molecular complexity index is 497. The Hall–Kier alpha value is -2.14. The first-order valence-corrected chi connectivity index (χ1v) is 6.38. The van der Waals surface area contributed by atoms with Gasteiger partial charge in [0.25, 0.3) is 11.8 Å². The summed E-state index contributed by atoms with van der Waals surface area (Å²) in [5.74, 6) is -1.49. The summed E-state index contributed by atoms with van der Waals surface area (Å²) < 4.78 is 0. The molecule has 0 saturated carbocycles. The normalized spacial score (nSPS) is 13.5. The molecule has 6 N–H and O–H groups in total. The molecular weight excluding hydrogens is 296 g/mol. The number of primary amides is 1. The molecule has 0 saturated heterocycles. The van der Waals surface area contributed by atoms with Crippen molar-refractivity contribution in [3.63, 3.8) is 0 Å². The van der Waals surface area contributed by atoms with Crippen LogP contribution in [0.2, 0.25) is 0 Å². The second-order valence-electron chi connectivity index (χ2n) is 4.53. The van der Waals surface area contributed by atoms with E-state index in [1.54, 1.807) is 0 Å². The standard InChI is InChI=1S/C12H18N4O6/c13-11(21)9-1-15-10(2-14-9)12(22)16(3-7(19)5-17)4-8(20)6-18/h1-2,7-8,17-20H,3-6H2,(H2,13,21). The lowest BCUT2D eigenvalue weighted by Crippen LogP contribution is -2.44. The van der Waals surface area contributed by atoms with Crippen LogP contribution in [-0.4, -0.2) is 85.6 Å². The summed E-state index contributed by atoms with van der Waals surface area (Å²) in [6.07, 6.45) is -0.370. The zero-order chi connectivity index (χ0) is 16.7. The number of aromatic nitrogens is 2. The minimum Gasteiger partial charge on any atom is -0.394 e. The van der Waals surface area contributed by atoms with Gasteiger partial charge in [-0.1, -0.05) is 0 Å². The highest BCUT2D eigenvalue weighted by molar-refractivity contribution is 5.93. The summed E-state index contributed by atoms with van der Waals surface area (Å²) in [6.45, 7) is -1.70. The number of rotatable bonds is 8. The summed E-state index contributed by atoms with van der Waals surface area (Å²) in [5, 5.41) is 36.6. The van der Waals surface area contributed by atoms with Crippen LogP contribution in [0.4, 0.5) is 0 Å².